The van der Waals surface area contributed by atoms with Crippen molar-refractivity contribution in [1.82, 2.24) is 0 Å². The average Bonchev–Trinajstić information content (AvgIpc) is 2.25. The van der Waals surface area contributed by atoms with E-state index < -0.39 is 0 Å². The molecular formula is C13H17BrO2. The van der Waals surface area contributed by atoms with Crippen LogP contribution in [0, 0.1) is 6.92 Å². The minimum atomic E-state index is -0.249. The Labute approximate surface area is 105 Å². The van der Waals surface area contributed by atoms with Crippen LogP contribution in [0.15, 0.2) is 16.6 Å². The molecule has 16 heavy (non-hydrogen) atoms. The van der Waals surface area contributed by atoms with Crippen LogP contribution in [0.1, 0.15) is 41.8 Å². The van der Waals surface area contributed by atoms with Gasteiger partial charge in [0.2, 0.25) is 0 Å². The van der Waals surface area contributed by atoms with Crippen LogP contribution in [0.2, 0.25) is 0 Å². The van der Waals surface area contributed by atoms with Gasteiger partial charge >= 0.3 is 5.97 Å². The quantitative estimate of drug-likeness (QED) is 0.784. The van der Waals surface area contributed by atoms with Crippen molar-refractivity contribution in [2.45, 2.75) is 33.6 Å². The molecule has 1 aromatic rings. The van der Waals surface area contributed by atoms with Crippen LogP contribution in [0.25, 0.3) is 0 Å². The molecular weight excluding hydrogens is 268 g/mol. The third-order valence-corrected chi connectivity index (χ3v) is 3.31. The van der Waals surface area contributed by atoms with Crippen LogP contribution in [0.5, 0.6) is 0 Å². The highest BCUT2D eigenvalue weighted by molar-refractivity contribution is 9.10. The first-order valence-electron chi connectivity index (χ1n) is 5.56. The summed E-state index contributed by atoms with van der Waals surface area (Å²) < 4.78 is 5.97. The molecule has 88 valence electrons. The first-order chi connectivity index (χ1) is 7.60. The number of aryl methyl sites for hydroxylation is 1. The van der Waals surface area contributed by atoms with Crippen LogP contribution in [0.3, 0.4) is 0 Å². The van der Waals surface area contributed by atoms with Gasteiger partial charge in [-0.25, -0.2) is 4.79 Å². The number of ether oxygens (including phenoxy) is 1. The maximum Gasteiger partial charge on any atom is 0.338 e. The summed E-state index contributed by atoms with van der Waals surface area (Å²) in [6, 6.07) is 3.76. The Morgan fingerprint density at radius 2 is 2.06 bits per heavy atom. The topological polar surface area (TPSA) is 26.3 Å². The maximum absolute atomic E-state index is 11.6. The molecule has 0 fully saturated rings. The van der Waals surface area contributed by atoms with Gasteiger partial charge in [0.15, 0.2) is 0 Å². The molecule has 0 heterocycles. The number of esters is 1. The number of halogens is 1. The second-order valence-electron chi connectivity index (χ2n) is 3.71. The second kappa shape index (κ2) is 6.04. The van der Waals surface area contributed by atoms with Gasteiger partial charge < -0.3 is 4.74 Å². The molecule has 0 radical (unpaired) electrons. The van der Waals surface area contributed by atoms with Gasteiger partial charge in [0.1, 0.15) is 0 Å². The molecule has 0 atom stereocenters. The highest BCUT2D eigenvalue weighted by atomic mass is 79.9. The van der Waals surface area contributed by atoms with Crippen LogP contribution in [-0.2, 0) is 11.2 Å². The summed E-state index contributed by atoms with van der Waals surface area (Å²) in [6.07, 6.45) is 2.05. The summed E-state index contributed by atoms with van der Waals surface area (Å²) in [7, 11) is 0. The molecule has 0 aliphatic rings. The van der Waals surface area contributed by atoms with Gasteiger partial charge in [-0.2, -0.15) is 0 Å². The maximum atomic E-state index is 11.6. The lowest BCUT2D eigenvalue weighted by Gasteiger charge is -2.10. The van der Waals surface area contributed by atoms with E-state index in [-0.39, 0.29) is 5.97 Å². The van der Waals surface area contributed by atoms with Gasteiger partial charge in [0.05, 0.1) is 12.2 Å². The van der Waals surface area contributed by atoms with Crippen molar-refractivity contribution in [3.05, 3.63) is 33.3 Å². The van der Waals surface area contributed by atoms with E-state index in [1.807, 2.05) is 19.1 Å². The summed E-state index contributed by atoms with van der Waals surface area (Å²) in [5.41, 5.74) is 3.04. The Morgan fingerprint density at radius 1 is 1.38 bits per heavy atom. The van der Waals surface area contributed by atoms with Crippen molar-refractivity contribution in [3.63, 3.8) is 0 Å². The van der Waals surface area contributed by atoms with E-state index >= 15 is 0 Å². The zero-order valence-electron chi connectivity index (χ0n) is 9.97. The number of hydrogen-bond acceptors (Lipinski definition) is 2. The molecule has 0 aromatic heterocycles. The van der Waals surface area contributed by atoms with Gasteiger partial charge in [0, 0.05) is 4.47 Å². The predicted molar refractivity (Wildman–Crippen MR) is 68.8 cm³/mol. The van der Waals surface area contributed by atoms with Gasteiger partial charge in [0.25, 0.3) is 0 Å². The smallest absolute Gasteiger partial charge is 0.338 e. The zero-order valence-corrected chi connectivity index (χ0v) is 11.6. The van der Waals surface area contributed by atoms with Gasteiger partial charge in [-0.1, -0.05) is 29.3 Å². The number of rotatable bonds is 4. The highest BCUT2D eigenvalue weighted by Gasteiger charge is 2.11. The summed E-state index contributed by atoms with van der Waals surface area (Å²) in [6.45, 7) is 6.41. The molecule has 0 amide bonds. The third-order valence-electron chi connectivity index (χ3n) is 2.48. The van der Waals surface area contributed by atoms with Crippen molar-refractivity contribution in [1.29, 1.82) is 0 Å². The monoisotopic (exact) mass is 284 g/mol. The first-order valence-corrected chi connectivity index (χ1v) is 6.35. The highest BCUT2D eigenvalue weighted by Crippen LogP contribution is 2.23. The molecule has 3 heteroatoms. The van der Waals surface area contributed by atoms with E-state index in [2.05, 4.69) is 29.8 Å². The number of carbonyl (C=O) groups excluding carboxylic acids is 1. The van der Waals surface area contributed by atoms with E-state index in [4.69, 9.17) is 4.74 Å². The lowest BCUT2D eigenvalue weighted by atomic mass is 10.0. The summed E-state index contributed by atoms with van der Waals surface area (Å²) in [4.78, 5) is 11.6. The SMILES string of the molecule is CCCc1cc(C(=O)OCC)cc(Br)c1C. The Morgan fingerprint density at radius 3 is 2.62 bits per heavy atom. The molecule has 0 spiro atoms. The normalized spacial score (nSPS) is 10.2. The molecule has 0 bridgehead atoms. The fraction of sp³-hybridized carbons (Fsp3) is 0.462. The second-order valence-corrected chi connectivity index (χ2v) is 4.57. The minimum Gasteiger partial charge on any atom is -0.462 e. The van der Waals surface area contributed by atoms with Crippen molar-refractivity contribution in [3.8, 4) is 0 Å². The molecule has 0 aliphatic carbocycles. The van der Waals surface area contributed by atoms with E-state index in [0.717, 1.165) is 17.3 Å². The lowest BCUT2D eigenvalue weighted by molar-refractivity contribution is 0.0526. The number of hydrogen-bond donors (Lipinski definition) is 0. The standard InChI is InChI=1S/C13H17BrO2/c1-4-6-10-7-11(13(15)16-5-2)8-12(14)9(10)3/h7-8H,4-6H2,1-3H3. The summed E-state index contributed by atoms with van der Waals surface area (Å²) in [5, 5.41) is 0. The molecule has 1 aromatic carbocycles. The molecule has 0 unspecified atom stereocenters. The molecule has 0 aliphatic heterocycles. The van der Waals surface area contributed by atoms with E-state index in [1.165, 1.54) is 11.1 Å². The van der Waals surface area contributed by atoms with Crippen molar-refractivity contribution >= 4 is 21.9 Å². The van der Waals surface area contributed by atoms with E-state index in [1.54, 1.807) is 0 Å². The summed E-state index contributed by atoms with van der Waals surface area (Å²) >= 11 is 3.48. The lowest BCUT2D eigenvalue weighted by Crippen LogP contribution is -2.06. The Kier molecular flexibility index (Phi) is 5.00. The Balaban J connectivity index is 3.08. The fourth-order valence-corrected chi connectivity index (χ4v) is 2.10. The van der Waals surface area contributed by atoms with Crippen LogP contribution >= 0.6 is 15.9 Å². The minimum absolute atomic E-state index is 0.249. The third kappa shape index (κ3) is 3.08. The van der Waals surface area contributed by atoms with Crippen LogP contribution in [-0.4, -0.2) is 12.6 Å². The molecule has 0 saturated carbocycles. The van der Waals surface area contributed by atoms with Crippen molar-refractivity contribution < 1.29 is 9.53 Å². The largest absolute Gasteiger partial charge is 0.462 e. The predicted octanol–water partition coefficient (Wildman–Crippen LogP) is 3.89. The van der Waals surface area contributed by atoms with Crippen molar-refractivity contribution in [2.24, 2.45) is 0 Å². The van der Waals surface area contributed by atoms with Gasteiger partial charge in [-0.15, -0.1) is 0 Å². The fourth-order valence-electron chi connectivity index (χ4n) is 1.60. The van der Waals surface area contributed by atoms with Crippen LogP contribution in [0.4, 0.5) is 0 Å². The van der Waals surface area contributed by atoms with Gasteiger partial charge in [-0.3, -0.25) is 0 Å². The van der Waals surface area contributed by atoms with E-state index in [0.29, 0.717) is 12.2 Å². The van der Waals surface area contributed by atoms with Gasteiger partial charge in [-0.05, 0) is 43.5 Å². The molecule has 0 saturated heterocycles. The Bertz CT molecular complexity index is 386. The number of benzene rings is 1. The zero-order chi connectivity index (χ0) is 12.1. The molecule has 1 rings (SSSR count). The Hall–Kier alpha value is -0.830. The number of carbonyl (C=O) groups is 1. The summed E-state index contributed by atoms with van der Waals surface area (Å²) in [5.74, 6) is -0.249. The molecule has 0 N–H and O–H groups in total. The van der Waals surface area contributed by atoms with Crippen molar-refractivity contribution in [2.75, 3.05) is 6.61 Å². The average molecular weight is 285 g/mol. The van der Waals surface area contributed by atoms with Crippen LogP contribution < -0.4 is 0 Å². The molecule has 2 nitrogen and oxygen atoms in total. The van der Waals surface area contributed by atoms with E-state index in [9.17, 15) is 4.79 Å². The first kappa shape index (κ1) is 13.2.